The van der Waals surface area contributed by atoms with Crippen molar-refractivity contribution in [3.63, 3.8) is 0 Å². The van der Waals surface area contributed by atoms with E-state index in [1.54, 1.807) is 18.2 Å². The van der Waals surface area contributed by atoms with Crippen LogP contribution >= 0.6 is 0 Å². The Morgan fingerprint density at radius 2 is 1.72 bits per heavy atom. The van der Waals surface area contributed by atoms with Gasteiger partial charge in [-0.3, -0.25) is 0 Å². The highest BCUT2D eigenvalue weighted by atomic mass is 16.6. The summed E-state index contributed by atoms with van der Waals surface area (Å²) < 4.78 is 20.6. The first-order valence-corrected chi connectivity index (χ1v) is 7.48. The predicted molar refractivity (Wildman–Crippen MR) is 88.4 cm³/mol. The van der Waals surface area contributed by atoms with Crippen LogP contribution in [0.25, 0.3) is 11.4 Å². The summed E-state index contributed by atoms with van der Waals surface area (Å²) in [5, 5.41) is 3.87. The third-order valence-corrected chi connectivity index (χ3v) is 3.41. The lowest BCUT2D eigenvalue weighted by molar-refractivity contribution is 0.0429. The van der Waals surface area contributed by atoms with Crippen LogP contribution < -0.4 is 9.47 Å². The highest BCUT2D eigenvalue weighted by molar-refractivity contribution is 5.90. The van der Waals surface area contributed by atoms with Gasteiger partial charge in [-0.15, -0.1) is 0 Å². The minimum atomic E-state index is -0.545. The van der Waals surface area contributed by atoms with Crippen LogP contribution in [0.15, 0.2) is 53.1 Å². The Morgan fingerprint density at radius 1 is 1.04 bits per heavy atom. The third-order valence-electron chi connectivity index (χ3n) is 3.41. The molecule has 0 saturated carbocycles. The van der Waals surface area contributed by atoms with Crippen LogP contribution in [0.2, 0.25) is 0 Å². The fraction of sp³-hybridized carbons (Fsp3) is 0.167. The van der Waals surface area contributed by atoms with Crippen molar-refractivity contribution >= 4 is 5.97 Å². The van der Waals surface area contributed by atoms with Gasteiger partial charge in [-0.05, 0) is 12.1 Å². The summed E-state index contributed by atoms with van der Waals surface area (Å²) in [6.07, 6.45) is 0. The number of hydrogen-bond donors (Lipinski definition) is 0. The quantitative estimate of drug-likeness (QED) is 0.637. The number of carbonyl (C=O) groups excluding carboxylic acids is 1. The molecule has 1 aromatic heterocycles. The summed E-state index contributed by atoms with van der Waals surface area (Å²) in [7, 11) is 3.01. The summed E-state index contributed by atoms with van der Waals surface area (Å²) in [5.41, 5.74) is 1.13. The van der Waals surface area contributed by atoms with Crippen LogP contribution in [0.5, 0.6) is 11.5 Å². The van der Waals surface area contributed by atoms with Crippen molar-refractivity contribution in [1.29, 1.82) is 0 Å². The molecular weight excluding hydrogens is 324 g/mol. The number of benzene rings is 2. The van der Waals surface area contributed by atoms with Crippen LogP contribution in [0.3, 0.4) is 0 Å². The first-order valence-electron chi connectivity index (χ1n) is 7.48. The number of hydrogen-bond acceptors (Lipinski definition) is 7. The number of nitrogens with zero attached hydrogens (tertiary/aromatic N) is 2. The van der Waals surface area contributed by atoms with E-state index in [-0.39, 0.29) is 12.5 Å². The Morgan fingerprint density at radius 3 is 2.36 bits per heavy atom. The maximum Gasteiger partial charge on any atom is 0.338 e. The zero-order valence-corrected chi connectivity index (χ0v) is 13.8. The standard InChI is InChI=1S/C18H16N2O5/c1-22-14-8-13(9-15(10-14)23-2)18(21)24-11-16-19-17(20-25-16)12-6-4-3-5-7-12/h3-10H,11H2,1-2H3. The van der Waals surface area contributed by atoms with E-state index in [1.165, 1.54) is 14.2 Å². The monoisotopic (exact) mass is 340 g/mol. The maximum absolute atomic E-state index is 12.2. The van der Waals surface area contributed by atoms with Crippen molar-refractivity contribution < 1.29 is 23.5 Å². The predicted octanol–water partition coefficient (Wildman–Crippen LogP) is 3.11. The van der Waals surface area contributed by atoms with Crippen LogP contribution in [-0.2, 0) is 11.3 Å². The molecule has 7 nitrogen and oxygen atoms in total. The first kappa shape index (κ1) is 16.5. The van der Waals surface area contributed by atoms with Crippen molar-refractivity contribution in [3.8, 4) is 22.9 Å². The lowest BCUT2D eigenvalue weighted by Crippen LogP contribution is -2.06. The Bertz CT molecular complexity index is 839. The molecule has 0 atom stereocenters. The number of carbonyl (C=O) groups is 1. The lowest BCUT2D eigenvalue weighted by atomic mass is 10.2. The van der Waals surface area contributed by atoms with E-state index in [4.69, 9.17) is 18.7 Å². The molecule has 0 bridgehead atoms. The minimum Gasteiger partial charge on any atom is -0.497 e. The lowest BCUT2D eigenvalue weighted by Gasteiger charge is -2.07. The number of methoxy groups -OCH3 is 2. The van der Waals surface area contributed by atoms with Gasteiger partial charge in [0.1, 0.15) is 11.5 Å². The molecule has 1 heterocycles. The van der Waals surface area contributed by atoms with Crippen molar-refractivity contribution in [3.05, 3.63) is 60.0 Å². The summed E-state index contributed by atoms with van der Waals surface area (Å²) >= 11 is 0. The number of aromatic nitrogens is 2. The van der Waals surface area contributed by atoms with Gasteiger partial charge >= 0.3 is 5.97 Å². The van der Waals surface area contributed by atoms with Crippen molar-refractivity contribution in [1.82, 2.24) is 10.1 Å². The molecule has 0 aliphatic rings. The fourth-order valence-electron chi connectivity index (χ4n) is 2.15. The Hall–Kier alpha value is -3.35. The molecule has 2 aromatic carbocycles. The van der Waals surface area contributed by atoms with Gasteiger partial charge in [0.05, 0.1) is 19.8 Å². The molecule has 0 fully saturated rings. The van der Waals surface area contributed by atoms with Crippen LogP contribution in [0.1, 0.15) is 16.2 Å². The largest absolute Gasteiger partial charge is 0.497 e. The van der Waals surface area contributed by atoms with Gasteiger partial charge in [-0.2, -0.15) is 4.98 Å². The van der Waals surface area contributed by atoms with E-state index in [9.17, 15) is 4.79 Å². The molecule has 0 aliphatic heterocycles. The fourth-order valence-corrected chi connectivity index (χ4v) is 2.15. The van der Waals surface area contributed by atoms with Crippen molar-refractivity contribution in [2.45, 2.75) is 6.61 Å². The summed E-state index contributed by atoms with van der Waals surface area (Å²) in [6, 6.07) is 14.2. The molecule has 0 N–H and O–H groups in total. The zero-order chi connectivity index (χ0) is 17.6. The summed E-state index contributed by atoms with van der Waals surface area (Å²) in [5.74, 6) is 1.10. The van der Waals surface area contributed by atoms with Gasteiger partial charge in [-0.1, -0.05) is 35.5 Å². The second kappa shape index (κ2) is 7.48. The molecule has 25 heavy (non-hydrogen) atoms. The average molecular weight is 340 g/mol. The van der Waals surface area contributed by atoms with E-state index in [0.717, 1.165) is 5.56 Å². The average Bonchev–Trinajstić information content (AvgIpc) is 3.15. The molecule has 0 radical (unpaired) electrons. The molecule has 7 heteroatoms. The topological polar surface area (TPSA) is 83.7 Å². The van der Waals surface area contributed by atoms with E-state index in [0.29, 0.717) is 22.9 Å². The molecule has 0 amide bonds. The van der Waals surface area contributed by atoms with E-state index < -0.39 is 5.97 Å². The van der Waals surface area contributed by atoms with Gasteiger partial charge < -0.3 is 18.7 Å². The Kier molecular flexibility index (Phi) is 4.94. The number of rotatable bonds is 6. The molecule has 0 unspecified atom stereocenters. The third kappa shape index (κ3) is 3.95. The van der Waals surface area contributed by atoms with Crippen molar-refractivity contribution in [2.75, 3.05) is 14.2 Å². The Labute approximate surface area is 144 Å². The molecule has 0 aliphatic carbocycles. The highest BCUT2D eigenvalue weighted by Crippen LogP contribution is 2.23. The minimum absolute atomic E-state index is 0.127. The number of ether oxygens (including phenoxy) is 3. The second-order valence-corrected chi connectivity index (χ2v) is 5.06. The van der Waals surface area contributed by atoms with Gasteiger partial charge in [0.25, 0.3) is 5.89 Å². The Balaban J connectivity index is 1.68. The molecule has 128 valence electrons. The highest BCUT2D eigenvalue weighted by Gasteiger charge is 2.14. The molecule has 3 rings (SSSR count). The van der Waals surface area contributed by atoms with E-state index in [2.05, 4.69) is 10.1 Å². The molecule has 0 saturated heterocycles. The van der Waals surface area contributed by atoms with Gasteiger partial charge in [-0.25, -0.2) is 4.79 Å². The van der Waals surface area contributed by atoms with Gasteiger partial charge in [0.2, 0.25) is 5.82 Å². The van der Waals surface area contributed by atoms with Crippen LogP contribution in [0, 0.1) is 0 Å². The first-order chi connectivity index (χ1) is 12.2. The molecular formula is C18H16N2O5. The van der Waals surface area contributed by atoms with Crippen LogP contribution in [0.4, 0.5) is 0 Å². The smallest absolute Gasteiger partial charge is 0.338 e. The normalized spacial score (nSPS) is 10.3. The SMILES string of the molecule is COc1cc(OC)cc(C(=O)OCc2nc(-c3ccccc3)no2)c1. The van der Waals surface area contributed by atoms with Gasteiger partial charge in [0.15, 0.2) is 6.61 Å². The summed E-state index contributed by atoms with van der Waals surface area (Å²) in [6.45, 7) is -0.127. The maximum atomic E-state index is 12.2. The molecule has 3 aromatic rings. The zero-order valence-electron chi connectivity index (χ0n) is 13.8. The van der Waals surface area contributed by atoms with E-state index in [1.807, 2.05) is 30.3 Å². The van der Waals surface area contributed by atoms with Crippen molar-refractivity contribution in [2.24, 2.45) is 0 Å². The summed E-state index contributed by atoms with van der Waals surface area (Å²) in [4.78, 5) is 16.4. The van der Waals surface area contributed by atoms with Crippen LogP contribution in [-0.4, -0.2) is 30.3 Å². The molecule has 0 spiro atoms. The van der Waals surface area contributed by atoms with Gasteiger partial charge in [0, 0.05) is 11.6 Å². The second-order valence-electron chi connectivity index (χ2n) is 5.06. The number of esters is 1. The van der Waals surface area contributed by atoms with E-state index >= 15 is 0 Å².